The van der Waals surface area contributed by atoms with E-state index < -0.39 is 16.7 Å². The standard InChI is InChI=1S/C18H15N3O5/c1-11-3-5-13(6-4-11)20-18(23)15(17(22)19-20)10-12-9-14(21(24)25)7-8-16(12)26-2/h3-10H,1-2H3,(H,19,22)/b15-10+. The third kappa shape index (κ3) is 3.12. The van der Waals surface area contributed by atoms with E-state index in [-0.39, 0.29) is 16.8 Å². The quantitative estimate of drug-likeness (QED) is 0.393. The second-order valence-corrected chi connectivity index (χ2v) is 5.66. The summed E-state index contributed by atoms with van der Waals surface area (Å²) in [6.45, 7) is 1.91. The molecule has 1 fully saturated rings. The van der Waals surface area contributed by atoms with Gasteiger partial charge in [-0.2, -0.15) is 0 Å². The lowest BCUT2D eigenvalue weighted by atomic mass is 10.1. The second-order valence-electron chi connectivity index (χ2n) is 5.66. The number of benzene rings is 2. The largest absolute Gasteiger partial charge is 0.496 e. The number of nitrogens with zero attached hydrogens (tertiary/aromatic N) is 2. The Kier molecular flexibility index (Phi) is 4.40. The number of hydrogen-bond donors (Lipinski definition) is 1. The van der Waals surface area contributed by atoms with E-state index in [1.54, 1.807) is 12.1 Å². The van der Waals surface area contributed by atoms with E-state index >= 15 is 0 Å². The average molecular weight is 353 g/mol. The van der Waals surface area contributed by atoms with Crippen LogP contribution in [-0.2, 0) is 9.59 Å². The molecule has 1 aliphatic heterocycles. The Labute approximate surface area is 148 Å². The predicted molar refractivity (Wildman–Crippen MR) is 94.4 cm³/mol. The molecule has 2 aromatic carbocycles. The minimum atomic E-state index is -0.593. The molecular formula is C18H15N3O5. The molecule has 8 nitrogen and oxygen atoms in total. The molecule has 1 heterocycles. The van der Waals surface area contributed by atoms with Crippen molar-refractivity contribution in [3.05, 3.63) is 69.3 Å². The summed E-state index contributed by atoms with van der Waals surface area (Å²) < 4.78 is 5.16. The molecule has 8 heteroatoms. The van der Waals surface area contributed by atoms with Gasteiger partial charge in [0, 0.05) is 17.7 Å². The van der Waals surface area contributed by atoms with Crippen LogP contribution in [0, 0.1) is 17.0 Å². The highest BCUT2D eigenvalue weighted by Gasteiger charge is 2.34. The number of nitrogens with one attached hydrogen (secondary N) is 1. The molecule has 0 atom stereocenters. The van der Waals surface area contributed by atoms with Crippen LogP contribution in [-0.4, -0.2) is 23.8 Å². The van der Waals surface area contributed by atoms with Crippen molar-refractivity contribution < 1.29 is 19.2 Å². The smallest absolute Gasteiger partial charge is 0.282 e. The number of methoxy groups -OCH3 is 1. The molecule has 0 unspecified atom stereocenters. The molecule has 0 spiro atoms. The van der Waals surface area contributed by atoms with Crippen LogP contribution in [0.5, 0.6) is 5.75 Å². The zero-order valence-electron chi connectivity index (χ0n) is 14.1. The van der Waals surface area contributed by atoms with Crippen molar-refractivity contribution in [2.24, 2.45) is 0 Å². The van der Waals surface area contributed by atoms with Crippen molar-refractivity contribution in [1.29, 1.82) is 0 Å². The van der Waals surface area contributed by atoms with Crippen LogP contribution in [0.3, 0.4) is 0 Å². The zero-order chi connectivity index (χ0) is 18.8. The van der Waals surface area contributed by atoms with Crippen LogP contribution < -0.4 is 15.2 Å². The molecule has 2 amide bonds. The molecule has 0 aliphatic carbocycles. The Morgan fingerprint density at radius 2 is 1.85 bits per heavy atom. The van der Waals surface area contributed by atoms with Crippen molar-refractivity contribution in [2.75, 3.05) is 12.1 Å². The number of hydrazine groups is 1. The number of carbonyl (C=O) groups excluding carboxylic acids is 2. The number of nitro benzene ring substituents is 1. The van der Waals surface area contributed by atoms with Gasteiger partial charge >= 0.3 is 0 Å². The van der Waals surface area contributed by atoms with Gasteiger partial charge < -0.3 is 4.74 Å². The van der Waals surface area contributed by atoms with Crippen molar-refractivity contribution in [2.45, 2.75) is 6.92 Å². The van der Waals surface area contributed by atoms with Crippen LogP contribution in [0.15, 0.2) is 48.0 Å². The molecule has 3 rings (SSSR count). The van der Waals surface area contributed by atoms with Crippen LogP contribution in [0.1, 0.15) is 11.1 Å². The Bertz CT molecular complexity index is 934. The third-order valence-electron chi connectivity index (χ3n) is 3.91. The third-order valence-corrected chi connectivity index (χ3v) is 3.91. The van der Waals surface area contributed by atoms with Crippen LogP contribution in [0.4, 0.5) is 11.4 Å². The van der Waals surface area contributed by atoms with Gasteiger partial charge in [-0.25, -0.2) is 5.01 Å². The van der Waals surface area contributed by atoms with Gasteiger partial charge in [-0.1, -0.05) is 17.7 Å². The first-order valence-electron chi connectivity index (χ1n) is 7.67. The maximum Gasteiger partial charge on any atom is 0.282 e. The summed E-state index contributed by atoms with van der Waals surface area (Å²) in [5.74, 6) is -0.825. The van der Waals surface area contributed by atoms with Crippen LogP contribution >= 0.6 is 0 Å². The average Bonchev–Trinajstić information content (AvgIpc) is 2.90. The maximum absolute atomic E-state index is 12.6. The zero-order valence-corrected chi connectivity index (χ0v) is 14.1. The minimum absolute atomic E-state index is 0.135. The lowest BCUT2D eigenvalue weighted by Crippen LogP contribution is -2.35. The summed E-state index contributed by atoms with van der Waals surface area (Å²) in [6, 6.07) is 11.0. The summed E-state index contributed by atoms with van der Waals surface area (Å²) in [4.78, 5) is 35.3. The first-order valence-corrected chi connectivity index (χ1v) is 7.67. The molecular weight excluding hydrogens is 338 g/mol. The second kappa shape index (κ2) is 6.67. The molecule has 2 aromatic rings. The summed E-state index contributed by atoms with van der Waals surface area (Å²) in [6.07, 6.45) is 1.29. The topological polar surface area (TPSA) is 102 Å². The maximum atomic E-state index is 12.6. The SMILES string of the molecule is COc1ccc([N+](=O)[O-])cc1/C=C1\C(=O)NN(c2ccc(C)cc2)C1=O. The number of ether oxygens (including phenoxy) is 1. The lowest BCUT2D eigenvalue weighted by Gasteiger charge is -2.14. The number of carbonyl (C=O) groups is 2. The Hall–Kier alpha value is -3.68. The summed E-state index contributed by atoms with van der Waals surface area (Å²) in [5, 5.41) is 12.1. The molecule has 132 valence electrons. The van der Waals surface area contributed by atoms with Gasteiger partial charge in [0.1, 0.15) is 11.3 Å². The number of non-ortho nitro benzene ring substituents is 1. The fraction of sp³-hybridized carbons (Fsp3) is 0.111. The fourth-order valence-electron chi connectivity index (χ4n) is 2.54. The van der Waals surface area contributed by atoms with E-state index in [1.807, 2.05) is 19.1 Å². The molecule has 1 saturated heterocycles. The predicted octanol–water partition coefficient (Wildman–Crippen LogP) is 2.37. The number of rotatable bonds is 4. The summed E-state index contributed by atoms with van der Waals surface area (Å²) >= 11 is 0. The number of aryl methyl sites for hydroxylation is 1. The first kappa shape index (κ1) is 17.2. The van der Waals surface area contributed by atoms with Crippen molar-refractivity contribution in [3.8, 4) is 5.75 Å². The molecule has 0 aromatic heterocycles. The highest BCUT2D eigenvalue weighted by Crippen LogP contribution is 2.28. The van der Waals surface area contributed by atoms with Crippen LogP contribution in [0.2, 0.25) is 0 Å². The Balaban J connectivity index is 2.00. The van der Waals surface area contributed by atoms with Gasteiger partial charge in [0.15, 0.2) is 0 Å². The van der Waals surface area contributed by atoms with E-state index in [0.717, 1.165) is 10.6 Å². The van der Waals surface area contributed by atoms with Gasteiger partial charge in [0.2, 0.25) is 0 Å². The van der Waals surface area contributed by atoms with Crippen molar-refractivity contribution in [1.82, 2.24) is 5.43 Å². The van der Waals surface area contributed by atoms with Gasteiger partial charge in [-0.05, 0) is 31.2 Å². The van der Waals surface area contributed by atoms with E-state index in [0.29, 0.717) is 11.4 Å². The number of hydrogen-bond acceptors (Lipinski definition) is 5. The molecule has 0 bridgehead atoms. The summed E-state index contributed by atoms with van der Waals surface area (Å²) in [5.41, 5.74) is 3.99. The minimum Gasteiger partial charge on any atom is -0.496 e. The molecule has 1 N–H and O–H groups in total. The van der Waals surface area contributed by atoms with E-state index in [2.05, 4.69) is 5.43 Å². The number of nitro groups is 1. The Morgan fingerprint density at radius 1 is 1.15 bits per heavy atom. The highest BCUT2D eigenvalue weighted by atomic mass is 16.6. The van der Waals surface area contributed by atoms with Crippen molar-refractivity contribution in [3.63, 3.8) is 0 Å². The highest BCUT2D eigenvalue weighted by molar-refractivity contribution is 6.31. The monoisotopic (exact) mass is 353 g/mol. The van der Waals surface area contributed by atoms with Crippen LogP contribution in [0.25, 0.3) is 6.08 Å². The first-order chi connectivity index (χ1) is 12.4. The van der Waals surface area contributed by atoms with Gasteiger partial charge in [-0.15, -0.1) is 0 Å². The summed E-state index contributed by atoms with van der Waals surface area (Å²) in [7, 11) is 1.40. The van der Waals surface area contributed by atoms with Gasteiger partial charge in [0.05, 0.1) is 17.7 Å². The van der Waals surface area contributed by atoms with Crippen molar-refractivity contribution >= 4 is 29.3 Å². The number of amides is 2. The van der Waals surface area contributed by atoms with E-state index in [9.17, 15) is 19.7 Å². The molecule has 0 radical (unpaired) electrons. The molecule has 26 heavy (non-hydrogen) atoms. The number of anilines is 1. The van der Waals surface area contributed by atoms with Gasteiger partial charge in [0.25, 0.3) is 17.5 Å². The molecule has 0 saturated carbocycles. The van der Waals surface area contributed by atoms with E-state index in [1.165, 1.54) is 31.4 Å². The normalized spacial score (nSPS) is 15.3. The van der Waals surface area contributed by atoms with Gasteiger partial charge in [-0.3, -0.25) is 25.1 Å². The lowest BCUT2D eigenvalue weighted by molar-refractivity contribution is -0.384. The Morgan fingerprint density at radius 3 is 2.46 bits per heavy atom. The fourth-order valence-corrected chi connectivity index (χ4v) is 2.54. The molecule has 1 aliphatic rings. The van der Waals surface area contributed by atoms with E-state index in [4.69, 9.17) is 4.74 Å².